The van der Waals surface area contributed by atoms with Gasteiger partial charge in [-0.2, -0.15) is 0 Å². The van der Waals surface area contributed by atoms with Gasteiger partial charge in [0.1, 0.15) is 11.1 Å². The number of ketones is 1. The zero-order chi connectivity index (χ0) is 5.98. The number of carbonyl (C=O) groups is 1. The average molecular weight is 127 g/mol. The van der Waals surface area contributed by atoms with Crippen LogP contribution in [0.25, 0.3) is 0 Å². The molecule has 0 atom stereocenters. The summed E-state index contributed by atoms with van der Waals surface area (Å²) in [6, 6.07) is 0. The van der Waals surface area contributed by atoms with E-state index >= 15 is 0 Å². The Hall–Kier alpha value is -0.770. The fourth-order valence-electron chi connectivity index (χ4n) is 0.290. The summed E-state index contributed by atoms with van der Waals surface area (Å²) < 4.78 is 3.46. The molecule has 1 heterocycles. The second-order valence-electron chi connectivity index (χ2n) is 1.27. The van der Waals surface area contributed by atoms with Gasteiger partial charge in [-0.3, -0.25) is 4.79 Å². The van der Waals surface area contributed by atoms with Gasteiger partial charge < -0.3 is 0 Å². The second-order valence-corrected chi connectivity index (χ2v) is 2.02. The molecule has 0 saturated carbocycles. The standard InChI is InChI=1S/C4H3N2OS/c1-3(7)4-2-5-6-8-4/h1H3. The van der Waals surface area contributed by atoms with Crippen molar-refractivity contribution >= 4 is 17.3 Å². The highest BCUT2D eigenvalue weighted by atomic mass is 32.1. The van der Waals surface area contributed by atoms with E-state index < -0.39 is 0 Å². The Morgan fingerprint density at radius 3 is 2.88 bits per heavy atom. The zero-order valence-corrected chi connectivity index (χ0v) is 5.03. The lowest BCUT2D eigenvalue weighted by atomic mass is 10.4. The van der Waals surface area contributed by atoms with Gasteiger partial charge >= 0.3 is 0 Å². The number of nitrogens with zero attached hydrogens (tertiary/aromatic N) is 2. The fraction of sp³-hybridized carbons (Fsp3) is 0.250. The van der Waals surface area contributed by atoms with Crippen LogP contribution in [0.1, 0.15) is 16.6 Å². The first-order chi connectivity index (χ1) is 3.80. The van der Waals surface area contributed by atoms with E-state index in [0.29, 0.717) is 4.88 Å². The largest absolute Gasteiger partial charge is 0.293 e. The Bertz CT molecular complexity index is 182. The van der Waals surface area contributed by atoms with Crippen molar-refractivity contribution in [2.45, 2.75) is 6.92 Å². The van der Waals surface area contributed by atoms with Crippen molar-refractivity contribution in [1.82, 2.24) is 9.59 Å². The van der Waals surface area contributed by atoms with Crippen molar-refractivity contribution in [3.8, 4) is 0 Å². The van der Waals surface area contributed by atoms with E-state index in [0.717, 1.165) is 11.5 Å². The van der Waals surface area contributed by atoms with E-state index in [2.05, 4.69) is 15.8 Å². The van der Waals surface area contributed by atoms with Crippen molar-refractivity contribution in [2.75, 3.05) is 0 Å². The molecule has 3 nitrogen and oxygen atoms in total. The molecule has 0 unspecified atom stereocenters. The maximum absolute atomic E-state index is 10.4. The zero-order valence-electron chi connectivity index (χ0n) is 4.21. The van der Waals surface area contributed by atoms with Crippen molar-refractivity contribution in [1.29, 1.82) is 0 Å². The number of Topliss-reactive ketones (excluding diaryl/α,β-unsaturated/α-hetero) is 1. The minimum Gasteiger partial charge on any atom is -0.293 e. The van der Waals surface area contributed by atoms with Gasteiger partial charge in [-0.1, -0.05) is 4.49 Å². The lowest BCUT2D eigenvalue weighted by Crippen LogP contribution is -1.84. The molecular formula is C4H3N2OS. The van der Waals surface area contributed by atoms with Gasteiger partial charge in [-0.15, -0.1) is 5.10 Å². The van der Waals surface area contributed by atoms with Crippen molar-refractivity contribution in [2.24, 2.45) is 0 Å². The highest BCUT2D eigenvalue weighted by molar-refractivity contribution is 7.07. The normalized spacial score (nSPS) is 9.12. The van der Waals surface area contributed by atoms with Crippen LogP contribution >= 0.6 is 11.5 Å². The Morgan fingerprint density at radius 1 is 1.88 bits per heavy atom. The van der Waals surface area contributed by atoms with Gasteiger partial charge in [0, 0.05) is 6.92 Å². The van der Waals surface area contributed by atoms with Crippen molar-refractivity contribution in [3.05, 3.63) is 11.1 Å². The van der Waals surface area contributed by atoms with E-state index in [-0.39, 0.29) is 5.78 Å². The van der Waals surface area contributed by atoms with Gasteiger partial charge in [-0.25, -0.2) is 0 Å². The predicted molar refractivity (Wildman–Crippen MR) is 28.7 cm³/mol. The van der Waals surface area contributed by atoms with Crippen molar-refractivity contribution < 1.29 is 4.79 Å². The maximum atomic E-state index is 10.4. The van der Waals surface area contributed by atoms with Crippen LogP contribution in [-0.4, -0.2) is 15.4 Å². The Labute approximate surface area is 50.5 Å². The van der Waals surface area contributed by atoms with E-state index in [1.54, 1.807) is 0 Å². The van der Waals surface area contributed by atoms with Crippen LogP contribution < -0.4 is 0 Å². The molecule has 0 aliphatic heterocycles. The third-order valence-corrected chi connectivity index (χ3v) is 1.37. The average Bonchev–Trinajstić information content (AvgIpc) is 2.12. The summed E-state index contributed by atoms with van der Waals surface area (Å²) in [6.45, 7) is 1.46. The molecule has 0 bridgehead atoms. The second kappa shape index (κ2) is 2.00. The molecule has 1 rings (SSSR count). The van der Waals surface area contributed by atoms with Crippen LogP contribution in [0.5, 0.6) is 0 Å². The van der Waals surface area contributed by atoms with E-state index in [1.807, 2.05) is 0 Å². The highest BCUT2D eigenvalue weighted by Gasteiger charge is 1.99. The lowest BCUT2D eigenvalue weighted by molar-refractivity contribution is 0.102. The number of hydrogen-bond acceptors (Lipinski definition) is 4. The molecule has 1 aromatic rings. The highest BCUT2D eigenvalue weighted by Crippen LogP contribution is 1.99. The first-order valence-electron chi connectivity index (χ1n) is 2.01. The van der Waals surface area contributed by atoms with Crippen LogP contribution in [-0.2, 0) is 0 Å². The fourth-order valence-corrected chi connectivity index (χ4v) is 0.664. The molecule has 0 N–H and O–H groups in total. The molecule has 0 spiro atoms. The minimum atomic E-state index is -0.0278. The molecule has 1 aromatic heterocycles. The summed E-state index contributed by atoms with van der Waals surface area (Å²) >= 11 is 1.06. The van der Waals surface area contributed by atoms with Gasteiger partial charge in [0.2, 0.25) is 0 Å². The summed E-state index contributed by atoms with van der Waals surface area (Å²) in [6.07, 6.45) is 2.44. The quantitative estimate of drug-likeness (QED) is 0.517. The van der Waals surface area contributed by atoms with Gasteiger partial charge in [0.25, 0.3) is 0 Å². The summed E-state index contributed by atoms with van der Waals surface area (Å²) in [7, 11) is 0. The van der Waals surface area contributed by atoms with Crippen LogP contribution in [0.15, 0.2) is 0 Å². The molecule has 0 aliphatic rings. The third-order valence-electron chi connectivity index (χ3n) is 0.644. The predicted octanol–water partition coefficient (Wildman–Crippen LogP) is 0.541. The summed E-state index contributed by atoms with van der Waals surface area (Å²) in [5, 5.41) is 3.37. The molecule has 0 fully saturated rings. The minimum absolute atomic E-state index is 0.0278. The summed E-state index contributed by atoms with van der Waals surface area (Å²) in [5.41, 5.74) is 0. The van der Waals surface area contributed by atoms with Crippen LogP contribution in [0.4, 0.5) is 0 Å². The van der Waals surface area contributed by atoms with E-state index in [4.69, 9.17) is 0 Å². The van der Waals surface area contributed by atoms with Crippen LogP contribution in [0, 0.1) is 6.20 Å². The molecule has 41 valence electrons. The maximum Gasteiger partial charge on any atom is 0.173 e. The molecule has 0 aromatic carbocycles. The molecule has 1 radical (unpaired) electrons. The molecule has 4 heteroatoms. The lowest BCUT2D eigenvalue weighted by Gasteiger charge is -1.74. The molecule has 8 heavy (non-hydrogen) atoms. The monoisotopic (exact) mass is 127 g/mol. The van der Waals surface area contributed by atoms with Crippen LogP contribution in [0.3, 0.4) is 0 Å². The topological polar surface area (TPSA) is 42.9 Å². The van der Waals surface area contributed by atoms with Crippen molar-refractivity contribution in [3.63, 3.8) is 0 Å². The third kappa shape index (κ3) is 0.894. The van der Waals surface area contributed by atoms with Gasteiger partial charge in [0.05, 0.1) is 0 Å². The molecule has 0 amide bonds. The van der Waals surface area contributed by atoms with Gasteiger partial charge in [0.15, 0.2) is 5.78 Å². The molecule has 0 aliphatic carbocycles. The summed E-state index contributed by atoms with van der Waals surface area (Å²) in [5.74, 6) is -0.0278. The number of aromatic nitrogens is 2. The SMILES string of the molecule is CC(=O)c1[c]nns1. The van der Waals surface area contributed by atoms with Crippen LogP contribution in [0.2, 0.25) is 0 Å². The smallest absolute Gasteiger partial charge is 0.173 e. The Balaban J connectivity index is 2.93. The molecule has 0 saturated heterocycles. The first-order valence-corrected chi connectivity index (χ1v) is 2.79. The molecular weight excluding hydrogens is 124 g/mol. The Kier molecular flexibility index (Phi) is 1.34. The number of rotatable bonds is 1. The van der Waals surface area contributed by atoms with E-state index in [9.17, 15) is 4.79 Å². The van der Waals surface area contributed by atoms with E-state index in [1.165, 1.54) is 6.92 Å². The number of carbonyl (C=O) groups excluding carboxylic acids is 1. The first kappa shape index (κ1) is 5.37. The number of hydrogen-bond donors (Lipinski definition) is 0. The Morgan fingerprint density at radius 2 is 2.62 bits per heavy atom. The van der Waals surface area contributed by atoms with Gasteiger partial charge in [-0.05, 0) is 11.5 Å². The summed E-state index contributed by atoms with van der Waals surface area (Å²) in [4.78, 5) is 10.9.